The first kappa shape index (κ1) is 24.5. The van der Waals surface area contributed by atoms with E-state index in [-0.39, 0.29) is 17.5 Å². The summed E-state index contributed by atoms with van der Waals surface area (Å²) >= 11 is 1.42. The van der Waals surface area contributed by atoms with Gasteiger partial charge in [0.1, 0.15) is 0 Å². The molecule has 0 saturated carbocycles. The summed E-state index contributed by atoms with van der Waals surface area (Å²) in [6.07, 6.45) is 1.03. The molecule has 8 nitrogen and oxygen atoms in total. The summed E-state index contributed by atoms with van der Waals surface area (Å²) in [5.74, 6) is 0.445. The van der Waals surface area contributed by atoms with Crippen molar-refractivity contribution in [3.05, 3.63) is 92.6 Å². The van der Waals surface area contributed by atoms with Gasteiger partial charge in [0.05, 0.1) is 6.04 Å². The third-order valence-corrected chi connectivity index (χ3v) is 6.99. The Morgan fingerprint density at radius 1 is 1.00 bits per heavy atom. The first-order valence-corrected chi connectivity index (χ1v) is 12.5. The van der Waals surface area contributed by atoms with Gasteiger partial charge in [-0.15, -0.1) is 0 Å². The molecule has 1 atom stereocenters. The van der Waals surface area contributed by atoms with Crippen molar-refractivity contribution < 1.29 is 4.79 Å². The lowest BCUT2D eigenvalue weighted by atomic mass is 10.1. The van der Waals surface area contributed by atoms with Gasteiger partial charge < -0.3 is 9.88 Å². The standard InChI is InChI=1S/C26H29N5O3S/c1-18(20-12-8-5-9-13-20)27-21(32)15-17-35-25-28-22-23(29(2)26(34)30(3)24(22)33)31(25)16-14-19-10-6-4-7-11-19/h4-13,18H,14-17H2,1-3H3,(H,27,32)/t18-/m1/s1. The predicted molar refractivity (Wildman–Crippen MR) is 139 cm³/mol. The van der Waals surface area contributed by atoms with Gasteiger partial charge in [-0.2, -0.15) is 0 Å². The van der Waals surface area contributed by atoms with Crippen LogP contribution in [0.25, 0.3) is 11.2 Å². The monoisotopic (exact) mass is 491 g/mol. The van der Waals surface area contributed by atoms with E-state index in [1.54, 1.807) is 7.05 Å². The molecule has 0 saturated heterocycles. The number of aryl methyl sites for hydroxylation is 3. The lowest BCUT2D eigenvalue weighted by molar-refractivity contribution is -0.121. The Morgan fingerprint density at radius 3 is 2.34 bits per heavy atom. The van der Waals surface area contributed by atoms with Crippen molar-refractivity contribution in [2.45, 2.75) is 37.5 Å². The summed E-state index contributed by atoms with van der Waals surface area (Å²) < 4.78 is 4.46. The van der Waals surface area contributed by atoms with Crippen molar-refractivity contribution in [3.63, 3.8) is 0 Å². The Hall–Kier alpha value is -3.59. The zero-order chi connectivity index (χ0) is 24.9. The van der Waals surface area contributed by atoms with Crippen LogP contribution in [-0.4, -0.2) is 30.3 Å². The number of aromatic nitrogens is 4. The molecule has 2 heterocycles. The average Bonchev–Trinajstić information content (AvgIpc) is 3.24. The Morgan fingerprint density at radius 2 is 1.66 bits per heavy atom. The molecule has 0 fully saturated rings. The van der Waals surface area contributed by atoms with Gasteiger partial charge in [0.25, 0.3) is 5.56 Å². The molecule has 0 aliphatic carbocycles. The van der Waals surface area contributed by atoms with E-state index in [0.717, 1.165) is 22.1 Å². The zero-order valence-corrected chi connectivity index (χ0v) is 20.9. The van der Waals surface area contributed by atoms with Gasteiger partial charge >= 0.3 is 5.69 Å². The minimum atomic E-state index is -0.419. The van der Waals surface area contributed by atoms with Crippen LogP contribution < -0.4 is 16.6 Å². The normalized spacial score (nSPS) is 12.1. The molecule has 0 aliphatic rings. The van der Waals surface area contributed by atoms with E-state index in [9.17, 15) is 14.4 Å². The second kappa shape index (κ2) is 10.8. The van der Waals surface area contributed by atoms with Gasteiger partial charge in [-0.05, 0) is 24.5 Å². The molecule has 2 aromatic heterocycles. The lowest BCUT2D eigenvalue weighted by Crippen LogP contribution is -2.37. The Bertz CT molecular complexity index is 1440. The molecule has 9 heteroatoms. The molecule has 0 radical (unpaired) electrons. The number of nitrogens with zero attached hydrogens (tertiary/aromatic N) is 4. The second-order valence-corrected chi connectivity index (χ2v) is 9.52. The summed E-state index contributed by atoms with van der Waals surface area (Å²) in [7, 11) is 3.11. The largest absolute Gasteiger partial charge is 0.350 e. The Kier molecular flexibility index (Phi) is 7.55. The molecule has 35 heavy (non-hydrogen) atoms. The van der Waals surface area contributed by atoms with Crippen molar-refractivity contribution in [2.75, 3.05) is 5.75 Å². The molecular formula is C26H29N5O3S. The van der Waals surface area contributed by atoms with Crippen LogP contribution in [-0.2, 0) is 31.9 Å². The summed E-state index contributed by atoms with van der Waals surface area (Å²) in [6.45, 7) is 2.51. The number of hydrogen-bond acceptors (Lipinski definition) is 5. The number of thioether (sulfide) groups is 1. The summed E-state index contributed by atoms with van der Waals surface area (Å²) in [4.78, 5) is 42.5. The third-order valence-electron chi connectivity index (χ3n) is 6.01. The number of carbonyl (C=O) groups is 1. The minimum absolute atomic E-state index is 0.0517. The van der Waals surface area contributed by atoms with Gasteiger partial charge in [-0.1, -0.05) is 72.4 Å². The van der Waals surface area contributed by atoms with Crippen molar-refractivity contribution in [2.24, 2.45) is 14.1 Å². The Labute approximate surface area is 207 Å². The lowest BCUT2D eigenvalue weighted by Gasteiger charge is -2.14. The highest BCUT2D eigenvalue weighted by molar-refractivity contribution is 7.99. The smallest absolute Gasteiger partial charge is 0.332 e. The van der Waals surface area contributed by atoms with Crippen molar-refractivity contribution in [1.29, 1.82) is 0 Å². The fraction of sp³-hybridized carbons (Fsp3) is 0.308. The molecule has 0 spiro atoms. The zero-order valence-electron chi connectivity index (χ0n) is 20.1. The molecule has 0 aliphatic heterocycles. The highest BCUT2D eigenvalue weighted by Gasteiger charge is 2.19. The topological polar surface area (TPSA) is 90.9 Å². The minimum Gasteiger partial charge on any atom is -0.350 e. The van der Waals surface area contributed by atoms with Crippen LogP contribution in [0.3, 0.4) is 0 Å². The number of rotatable bonds is 9. The van der Waals surface area contributed by atoms with E-state index in [2.05, 4.69) is 10.3 Å². The van der Waals surface area contributed by atoms with Crippen LogP contribution >= 0.6 is 11.8 Å². The number of fused-ring (bicyclic) bond motifs is 1. The molecule has 182 valence electrons. The van der Waals surface area contributed by atoms with Gasteiger partial charge in [0, 0.05) is 32.8 Å². The molecule has 4 rings (SSSR count). The van der Waals surface area contributed by atoms with Gasteiger partial charge in [-0.3, -0.25) is 18.7 Å². The Balaban J connectivity index is 1.53. The number of nitrogens with one attached hydrogen (secondary N) is 1. The number of amides is 1. The number of hydrogen-bond donors (Lipinski definition) is 1. The predicted octanol–water partition coefficient (Wildman–Crippen LogP) is 3.04. The van der Waals surface area contributed by atoms with Crippen molar-refractivity contribution >= 4 is 28.8 Å². The highest BCUT2D eigenvalue weighted by atomic mass is 32.2. The maximum absolute atomic E-state index is 12.8. The average molecular weight is 492 g/mol. The number of carbonyl (C=O) groups excluding carboxylic acids is 1. The van der Waals surface area contributed by atoms with Crippen LogP contribution in [0.2, 0.25) is 0 Å². The van der Waals surface area contributed by atoms with Crippen LogP contribution in [0.5, 0.6) is 0 Å². The fourth-order valence-electron chi connectivity index (χ4n) is 4.04. The summed E-state index contributed by atoms with van der Waals surface area (Å²) in [6, 6.07) is 19.8. The summed E-state index contributed by atoms with van der Waals surface area (Å²) in [5, 5.41) is 3.65. The van der Waals surface area contributed by atoms with E-state index < -0.39 is 11.2 Å². The van der Waals surface area contributed by atoms with Gasteiger partial charge in [0.15, 0.2) is 16.3 Å². The van der Waals surface area contributed by atoms with Crippen molar-refractivity contribution in [1.82, 2.24) is 24.0 Å². The van der Waals surface area contributed by atoms with E-state index >= 15 is 0 Å². The maximum Gasteiger partial charge on any atom is 0.332 e. The van der Waals surface area contributed by atoms with Crippen LogP contribution in [0.15, 0.2) is 75.4 Å². The first-order chi connectivity index (χ1) is 16.9. The fourth-order valence-corrected chi connectivity index (χ4v) is 5.00. The maximum atomic E-state index is 12.8. The van der Waals surface area contributed by atoms with Crippen LogP contribution in [0.4, 0.5) is 0 Å². The van der Waals surface area contributed by atoms with Crippen molar-refractivity contribution in [3.8, 4) is 0 Å². The van der Waals surface area contributed by atoms with Crippen LogP contribution in [0.1, 0.15) is 30.5 Å². The highest BCUT2D eigenvalue weighted by Crippen LogP contribution is 2.23. The quantitative estimate of drug-likeness (QED) is 0.364. The number of benzene rings is 2. The third kappa shape index (κ3) is 5.40. The molecule has 4 aromatic rings. The van der Waals surface area contributed by atoms with E-state index in [4.69, 9.17) is 0 Å². The van der Waals surface area contributed by atoms with E-state index in [0.29, 0.717) is 29.5 Å². The second-order valence-electron chi connectivity index (χ2n) is 8.46. The molecule has 0 unspecified atom stereocenters. The van der Waals surface area contributed by atoms with E-state index in [1.165, 1.54) is 23.4 Å². The summed E-state index contributed by atoms with van der Waals surface area (Å²) in [5.41, 5.74) is 2.14. The van der Waals surface area contributed by atoms with E-state index in [1.807, 2.05) is 72.2 Å². The molecule has 1 amide bonds. The molecular weight excluding hydrogens is 462 g/mol. The SMILES string of the molecule is C[C@@H](NC(=O)CCSc1nc2c(=O)n(C)c(=O)n(C)c2n1CCc1ccccc1)c1ccccc1. The van der Waals surface area contributed by atoms with Crippen LogP contribution in [0, 0.1) is 0 Å². The number of imidazole rings is 1. The first-order valence-electron chi connectivity index (χ1n) is 11.5. The van der Waals surface area contributed by atoms with Gasteiger partial charge in [0.2, 0.25) is 5.91 Å². The van der Waals surface area contributed by atoms with Gasteiger partial charge in [-0.25, -0.2) is 9.78 Å². The molecule has 1 N–H and O–H groups in total. The molecule has 2 aromatic carbocycles. The molecule has 0 bridgehead atoms.